The number of pyridine rings is 1. The molecule has 1 aromatic carbocycles. The van der Waals surface area contributed by atoms with E-state index in [9.17, 15) is 4.79 Å². The summed E-state index contributed by atoms with van der Waals surface area (Å²) in [6.45, 7) is 5.33. The lowest BCUT2D eigenvalue weighted by Gasteiger charge is -2.28. The van der Waals surface area contributed by atoms with Gasteiger partial charge in [-0.15, -0.1) is 0 Å². The van der Waals surface area contributed by atoms with E-state index in [2.05, 4.69) is 10.2 Å². The second-order valence-electron chi connectivity index (χ2n) is 5.97. The number of nitrogens with one attached hydrogen (secondary N) is 1. The lowest BCUT2D eigenvalue weighted by Crippen LogP contribution is -2.38. The average molecular weight is 329 g/mol. The molecule has 3 rings (SSSR count). The van der Waals surface area contributed by atoms with E-state index in [4.69, 9.17) is 14.5 Å². The SMILES string of the molecule is COC[C@@H](C)NC(=O)c1cc(N2CCOCC2)nc2ccccc12. The fourth-order valence-electron chi connectivity index (χ4n) is 2.90. The number of anilines is 1. The minimum absolute atomic E-state index is 0.0544. The van der Waals surface area contributed by atoms with E-state index in [0.29, 0.717) is 25.4 Å². The summed E-state index contributed by atoms with van der Waals surface area (Å²) >= 11 is 0. The smallest absolute Gasteiger partial charge is 0.252 e. The van der Waals surface area contributed by atoms with Crippen LogP contribution in [0.5, 0.6) is 0 Å². The zero-order chi connectivity index (χ0) is 16.9. The van der Waals surface area contributed by atoms with Gasteiger partial charge in [0.25, 0.3) is 5.91 Å². The van der Waals surface area contributed by atoms with Crippen LogP contribution in [0, 0.1) is 0 Å². The molecule has 6 heteroatoms. The predicted octanol–water partition coefficient (Wildman–Crippen LogP) is 1.84. The van der Waals surface area contributed by atoms with E-state index in [-0.39, 0.29) is 11.9 Å². The van der Waals surface area contributed by atoms with E-state index < -0.39 is 0 Å². The summed E-state index contributed by atoms with van der Waals surface area (Å²) in [5.41, 5.74) is 1.47. The molecule has 2 aromatic rings. The molecule has 1 atom stereocenters. The summed E-state index contributed by atoms with van der Waals surface area (Å²) in [5, 5.41) is 3.84. The van der Waals surface area contributed by atoms with E-state index in [1.54, 1.807) is 7.11 Å². The molecule has 0 aliphatic carbocycles. The molecule has 0 saturated carbocycles. The van der Waals surface area contributed by atoms with Crippen molar-refractivity contribution in [3.05, 3.63) is 35.9 Å². The molecule has 2 heterocycles. The van der Waals surface area contributed by atoms with Crippen LogP contribution < -0.4 is 10.2 Å². The largest absolute Gasteiger partial charge is 0.383 e. The van der Waals surface area contributed by atoms with Gasteiger partial charge in [0, 0.05) is 31.6 Å². The lowest BCUT2D eigenvalue weighted by molar-refractivity contribution is 0.0907. The average Bonchev–Trinajstić information content (AvgIpc) is 2.61. The van der Waals surface area contributed by atoms with Gasteiger partial charge in [0.2, 0.25) is 0 Å². The molecule has 24 heavy (non-hydrogen) atoms. The summed E-state index contributed by atoms with van der Waals surface area (Å²) in [6.07, 6.45) is 0. The highest BCUT2D eigenvalue weighted by Crippen LogP contribution is 2.23. The number of amides is 1. The molecule has 0 unspecified atom stereocenters. The van der Waals surface area contributed by atoms with Crippen molar-refractivity contribution in [1.29, 1.82) is 0 Å². The number of hydrogen-bond acceptors (Lipinski definition) is 5. The van der Waals surface area contributed by atoms with Gasteiger partial charge in [0.15, 0.2) is 0 Å². The van der Waals surface area contributed by atoms with Crippen LogP contribution in [0.15, 0.2) is 30.3 Å². The summed E-state index contributed by atoms with van der Waals surface area (Å²) in [6, 6.07) is 9.56. The summed E-state index contributed by atoms with van der Waals surface area (Å²) < 4.78 is 10.5. The van der Waals surface area contributed by atoms with Gasteiger partial charge in [-0.2, -0.15) is 0 Å². The molecular weight excluding hydrogens is 306 g/mol. The quantitative estimate of drug-likeness (QED) is 0.907. The van der Waals surface area contributed by atoms with Crippen LogP contribution in [-0.4, -0.2) is 57.0 Å². The highest BCUT2D eigenvalue weighted by molar-refractivity contribution is 6.07. The molecule has 1 N–H and O–H groups in total. The highest BCUT2D eigenvalue weighted by Gasteiger charge is 2.19. The van der Waals surface area contributed by atoms with Crippen molar-refractivity contribution in [3.8, 4) is 0 Å². The van der Waals surface area contributed by atoms with Crippen LogP contribution in [0.2, 0.25) is 0 Å². The molecule has 1 saturated heterocycles. The van der Waals surface area contributed by atoms with Crippen molar-refractivity contribution in [1.82, 2.24) is 10.3 Å². The summed E-state index contributed by atoms with van der Waals surface area (Å²) in [4.78, 5) is 19.6. The molecule has 1 amide bonds. The van der Waals surface area contributed by atoms with E-state index in [0.717, 1.165) is 29.8 Å². The van der Waals surface area contributed by atoms with Gasteiger partial charge in [-0.05, 0) is 19.1 Å². The van der Waals surface area contributed by atoms with Crippen molar-refractivity contribution >= 4 is 22.6 Å². The first-order valence-electron chi connectivity index (χ1n) is 8.21. The number of aromatic nitrogens is 1. The zero-order valence-corrected chi connectivity index (χ0v) is 14.1. The molecule has 1 aliphatic heterocycles. The third kappa shape index (κ3) is 3.66. The van der Waals surface area contributed by atoms with Crippen molar-refractivity contribution < 1.29 is 14.3 Å². The normalized spacial score (nSPS) is 16.2. The highest BCUT2D eigenvalue weighted by atomic mass is 16.5. The zero-order valence-electron chi connectivity index (χ0n) is 14.1. The number of methoxy groups -OCH3 is 1. The van der Waals surface area contributed by atoms with Gasteiger partial charge in [-0.1, -0.05) is 18.2 Å². The molecule has 6 nitrogen and oxygen atoms in total. The summed E-state index contributed by atoms with van der Waals surface area (Å²) in [5.74, 6) is 0.717. The number of para-hydroxylation sites is 1. The monoisotopic (exact) mass is 329 g/mol. The van der Waals surface area contributed by atoms with Crippen LogP contribution in [0.25, 0.3) is 10.9 Å². The van der Waals surface area contributed by atoms with Crippen molar-refractivity contribution in [2.75, 3.05) is 44.9 Å². The van der Waals surface area contributed by atoms with Crippen LogP contribution in [0.3, 0.4) is 0 Å². The number of ether oxygens (including phenoxy) is 2. The van der Waals surface area contributed by atoms with Crippen molar-refractivity contribution in [2.45, 2.75) is 13.0 Å². The number of fused-ring (bicyclic) bond motifs is 1. The standard InChI is InChI=1S/C18H23N3O3/c1-13(12-23-2)19-18(22)15-11-17(21-7-9-24-10-8-21)20-16-6-4-3-5-14(15)16/h3-6,11,13H,7-10,12H2,1-2H3,(H,19,22)/t13-/m1/s1. The Morgan fingerprint density at radius 1 is 1.38 bits per heavy atom. The van der Waals surface area contributed by atoms with E-state index in [1.165, 1.54) is 0 Å². The molecule has 0 radical (unpaired) electrons. The van der Waals surface area contributed by atoms with Crippen LogP contribution in [0.4, 0.5) is 5.82 Å². The maximum Gasteiger partial charge on any atom is 0.252 e. The van der Waals surface area contributed by atoms with Gasteiger partial charge in [-0.3, -0.25) is 4.79 Å². The Kier molecular flexibility index (Phi) is 5.27. The fourth-order valence-corrected chi connectivity index (χ4v) is 2.90. The Bertz CT molecular complexity index is 714. The fraction of sp³-hybridized carbons (Fsp3) is 0.444. The van der Waals surface area contributed by atoms with Crippen LogP contribution >= 0.6 is 0 Å². The Hall–Kier alpha value is -2.18. The topological polar surface area (TPSA) is 63.7 Å². The molecule has 1 aromatic heterocycles. The van der Waals surface area contributed by atoms with E-state index >= 15 is 0 Å². The van der Waals surface area contributed by atoms with Crippen molar-refractivity contribution in [3.63, 3.8) is 0 Å². The number of morpholine rings is 1. The molecule has 0 bridgehead atoms. The minimum atomic E-state index is -0.104. The number of nitrogens with zero attached hydrogens (tertiary/aromatic N) is 2. The molecular formula is C18H23N3O3. The molecule has 128 valence electrons. The molecule has 1 fully saturated rings. The van der Waals surface area contributed by atoms with Crippen LogP contribution in [-0.2, 0) is 9.47 Å². The first-order chi connectivity index (χ1) is 11.7. The van der Waals surface area contributed by atoms with Crippen LogP contribution in [0.1, 0.15) is 17.3 Å². The Balaban J connectivity index is 1.96. The van der Waals surface area contributed by atoms with Gasteiger partial charge in [0.1, 0.15) is 5.82 Å². The Labute approximate surface area is 141 Å². The minimum Gasteiger partial charge on any atom is -0.383 e. The number of carbonyl (C=O) groups is 1. The maximum atomic E-state index is 12.7. The molecule has 1 aliphatic rings. The van der Waals surface area contributed by atoms with Gasteiger partial charge < -0.3 is 19.7 Å². The first-order valence-corrected chi connectivity index (χ1v) is 8.21. The third-order valence-electron chi connectivity index (χ3n) is 4.08. The number of rotatable bonds is 5. The van der Waals surface area contributed by atoms with Gasteiger partial charge in [0.05, 0.1) is 30.9 Å². The molecule has 0 spiro atoms. The van der Waals surface area contributed by atoms with Crippen molar-refractivity contribution in [2.24, 2.45) is 0 Å². The number of hydrogen-bond donors (Lipinski definition) is 1. The second kappa shape index (κ2) is 7.59. The van der Waals surface area contributed by atoms with Gasteiger partial charge in [-0.25, -0.2) is 4.98 Å². The van der Waals surface area contributed by atoms with E-state index in [1.807, 2.05) is 37.3 Å². The summed E-state index contributed by atoms with van der Waals surface area (Å²) in [7, 11) is 1.63. The number of carbonyl (C=O) groups excluding carboxylic acids is 1. The Morgan fingerprint density at radius 3 is 2.88 bits per heavy atom. The lowest BCUT2D eigenvalue weighted by atomic mass is 10.1. The third-order valence-corrected chi connectivity index (χ3v) is 4.08. The maximum absolute atomic E-state index is 12.7. The Morgan fingerprint density at radius 2 is 2.12 bits per heavy atom. The number of benzene rings is 1. The predicted molar refractivity (Wildman–Crippen MR) is 93.6 cm³/mol. The second-order valence-corrected chi connectivity index (χ2v) is 5.97. The first kappa shape index (κ1) is 16.7. The van der Waals surface area contributed by atoms with Gasteiger partial charge >= 0.3 is 0 Å².